The molecule has 0 aliphatic heterocycles. The van der Waals surface area contributed by atoms with E-state index >= 15 is 0 Å². The third kappa shape index (κ3) is 5.90. The lowest BCUT2D eigenvalue weighted by molar-refractivity contribution is 0.107. The number of carbonyl (C=O) groups is 2. The Morgan fingerprint density at radius 2 is 0.667 bits per heavy atom. The van der Waals surface area contributed by atoms with Crippen molar-refractivity contribution in [2.45, 2.75) is 0 Å². The van der Waals surface area contributed by atoms with Gasteiger partial charge in [0.05, 0.1) is 0 Å². The van der Waals surface area contributed by atoms with Crippen molar-refractivity contribution in [3.05, 3.63) is 120 Å². The molecule has 0 heterocycles. The maximum absolute atomic E-state index is 10.9. The van der Waals surface area contributed by atoms with E-state index in [0.717, 1.165) is 11.1 Å². The predicted molar refractivity (Wildman–Crippen MR) is 124 cm³/mol. The van der Waals surface area contributed by atoms with E-state index in [0.29, 0.717) is 11.1 Å². The molecule has 0 N–H and O–H groups in total. The minimum absolute atomic E-state index is 0.452. The normalized spacial score (nSPS) is 9.93. The Kier molecular flexibility index (Phi) is 7.56. The molecule has 148 valence electrons. The molecule has 0 aromatic heterocycles. The van der Waals surface area contributed by atoms with Crippen LogP contribution in [0.4, 0.5) is 0 Å². The van der Waals surface area contributed by atoms with E-state index in [9.17, 15) is 9.59 Å². The Labute approximate surface area is 185 Å². The molecule has 0 radical (unpaired) electrons. The minimum Gasteiger partial charge on any atom is -0.276 e. The highest BCUT2D eigenvalue weighted by atomic mass is 35.5. The summed E-state index contributed by atoms with van der Waals surface area (Å²) in [6.07, 6.45) is 0. The first-order chi connectivity index (χ1) is 14.5. The molecule has 0 saturated heterocycles. The molecule has 0 fully saturated rings. The van der Waals surface area contributed by atoms with Crippen LogP contribution in [0, 0.1) is 0 Å². The Morgan fingerprint density at radius 3 is 0.933 bits per heavy atom. The third-order valence-corrected chi connectivity index (χ3v) is 4.87. The molecule has 4 rings (SSSR count). The van der Waals surface area contributed by atoms with Gasteiger partial charge in [0.2, 0.25) is 0 Å². The number of benzene rings is 4. The zero-order valence-electron chi connectivity index (χ0n) is 16.0. The summed E-state index contributed by atoms with van der Waals surface area (Å²) in [4.78, 5) is 21.9. The molecule has 0 atom stereocenters. The van der Waals surface area contributed by atoms with Crippen molar-refractivity contribution in [1.29, 1.82) is 0 Å². The van der Waals surface area contributed by atoms with Crippen LogP contribution in [0.5, 0.6) is 0 Å². The summed E-state index contributed by atoms with van der Waals surface area (Å²) >= 11 is 10.7. The summed E-state index contributed by atoms with van der Waals surface area (Å²) in [7, 11) is 0. The SMILES string of the molecule is O=C(Cl)c1ccc(-c2ccc(C(=O)Cl)cc2)cc1.c1ccc(-c2ccccc2)cc1. The quantitative estimate of drug-likeness (QED) is 0.313. The number of halogens is 2. The van der Waals surface area contributed by atoms with Crippen LogP contribution in [0.2, 0.25) is 0 Å². The van der Waals surface area contributed by atoms with E-state index in [1.54, 1.807) is 48.5 Å². The highest BCUT2D eigenvalue weighted by Gasteiger charge is 2.04. The number of carbonyl (C=O) groups excluding carboxylic acids is 2. The lowest BCUT2D eigenvalue weighted by Gasteiger charge is -2.03. The largest absolute Gasteiger partial charge is 0.276 e. The molecule has 0 spiro atoms. The second-order valence-electron chi connectivity index (χ2n) is 6.43. The molecule has 0 amide bonds. The van der Waals surface area contributed by atoms with Crippen molar-refractivity contribution in [2.75, 3.05) is 0 Å². The average molecular weight is 433 g/mol. The maximum Gasteiger partial charge on any atom is 0.252 e. The van der Waals surface area contributed by atoms with E-state index < -0.39 is 10.5 Å². The highest BCUT2D eigenvalue weighted by Crippen LogP contribution is 2.21. The minimum atomic E-state index is -0.482. The van der Waals surface area contributed by atoms with Crippen molar-refractivity contribution in [1.82, 2.24) is 0 Å². The maximum atomic E-state index is 10.9. The van der Waals surface area contributed by atoms with Crippen LogP contribution in [0.15, 0.2) is 109 Å². The molecule has 4 aromatic carbocycles. The van der Waals surface area contributed by atoms with Crippen LogP contribution in [0.25, 0.3) is 22.3 Å². The van der Waals surface area contributed by atoms with Crippen molar-refractivity contribution in [2.24, 2.45) is 0 Å². The fraction of sp³-hybridized carbons (Fsp3) is 0. The Hall–Kier alpha value is -3.20. The van der Waals surface area contributed by atoms with Crippen LogP contribution in [0.3, 0.4) is 0 Å². The summed E-state index contributed by atoms with van der Waals surface area (Å²) in [5, 5.41) is -0.964. The third-order valence-electron chi connectivity index (χ3n) is 4.44. The standard InChI is InChI=1S/C14H8Cl2O2.C12H10/c15-13(17)11-5-1-9(2-6-11)10-3-7-12(8-4-10)14(16)18;1-3-7-11(8-4-1)12-9-5-2-6-10-12/h1-8H;1-10H. The van der Waals surface area contributed by atoms with E-state index in [2.05, 4.69) is 48.5 Å². The van der Waals surface area contributed by atoms with Gasteiger partial charge >= 0.3 is 0 Å². The first-order valence-electron chi connectivity index (χ1n) is 9.25. The monoisotopic (exact) mass is 432 g/mol. The molecular weight excluding hydrogens is 415 g/mol. The molecule has 0 saturated carbocycles. The fourth-order valence-electron chi connectivity index (χ4n) is 2.85. The van der Waals surface area contributed by atoms with Gasteiger partial charge in [-0.05, 0) is 69.7 Å². The number of hydrogen-bond acceptors (Lipinski definition) is 2. The first kappa shape index (κ1) is 21.5. The van der Waals surface area contributed by atoms with Crippen molar-refractivity contribution < 1.29 is 9.59 Å². The summed E-state index contributed by atoms with van der Waals surface area (Å²) in [5.74, 6) is 0. The zero-order valence-corrected chi connectivity index (χ0v) is 17.5. The fourth-order valence-corrected chi connectivity index (χ4v) is 3.10. The molecule has 4 heteroatoms. The van der Waals surface area contributed by atoms with Gasteiger partial charge < -0.3 is 0 Å². The van der Waals surface area contributed by atoms with E-state index in [1.165, 1.54) is 11.1 Å². The van der Waals surface area contributed by atoms with Crippen molar-refractivity contribution >= 4 is 33.7 Å². The zero-order chi connectivity index (χ0) is 21.3. The van der Waals surface area contributed by atoms with Gasteiger partial charge in [-0.3, -0.25) is 9.59 Å². The van der Waals surface area contributed by atoms with Crippen molar-refractivity contribution in [3.63, 3.8) is 0 Å². The molecule has 4 aromatic rings. The molecule has 2 nitrogen and oxygen atoms in total. The average Bonchev–Trinajstić information content (AvgIpc) is 2.81. The van der Waals surface area contributed by atoms with Gasteiger partial charge in [0, 0.05) is 11.1 Å². The lowest BCUT2D eigenvalue weighted by Crippen LogP contribution is -1.89. The van der Waals surface area contributed by atoms with E-state index in [4.69, 9.17) is 23.2 Å². The smallest absolute Gasteiger partial charge is 0.252 e. The Morgan fingerprint density at radius 1 is 0.400 bits per heavy atom. The summed E-state index contributed by atoms with van der Waals surface area (Å²) < 4.78 is 0. The van der Waals surface area contributed by atoms with Gasteiger partial charge in [0.1, 0.15) is 0 Å². The summed E-state index contributed by atoms with van der Waals surface area (Å²) in [6, 6.07) is 34.6. The highest BCUT2D eigenvalue weighted by molar-refractivity contribution is 6.68. The molecule has 0 aliphatic rings. The van der Waals surface area contributed by atoms with Crippen LogP contribution in [0.1, 0.15) is 20.7 Å². The number of rotatable bonds is 4. The topological polar surface area (TPSA) is 34.1 Å². The summed E-state index contributed by atoms with van der Waals surface area (Å²) in [5.41, 5.74) is 5.33. The van der Waals surface area contributed by atoms with Gasteiger partial charge in [-0.25, -0.2) is 0 Å². The Bertz CT molecular complexity index is 1010. The predicted octanol–water partition coefficient (Wildman–Crippen LogP) is 7.47. The van der Waals surface area contributed by atoms with Crippen LogP contribution in [-0.4, -0.2) is 10.5 Å². The second-order valence-corrected chi connectivity index (χ2v) is 7.12. The summed E-state index contributed by atoms with van der Waals surface area (Å²) in [6.45, 7) is 0. The van der Waals surface area contributed by atoms with Gasteiger partial charge in [0.15, 0.2) is 0 Å². The molecule has 30 heavy (non-hydrogen) atoms. The molecule has 0 aliphatic carbocycles. The van der Waals surface area contributed by atoms with Gasteiger partial charge in [-0.2, -0.15) is 0 Å². The van der Waals surface area contributed by atoms with Gasteiger partial charge in [-0.15, -0.1) is 0 Å². The Balaban J connectivity index is 0.000000184. The van der Waals surface area contributed by atoms with Crippen LogP contribution >= 0.6 is 23.2 Å². The van der Waals surface area contributed by atoms with Crippen LogP contribution < -0.4 is 0 Å². The van der Waals surface area contributed by atoms with Gasteiger partial charge in [-0.1, -0.05) is 84.9 Å². The molecule has 0 unspecified atom stereocenters. The second kappa shape index (κ2) is 10.5. The van der Waals surface area contributed by atoms with Crippen LogP contribution in [-0.2, 0) is 0 Å². The van der Waals surface area contributed by atoms with E-state index in [-0.39, 0.29) is 0 Å². The van der Waals surface area contributed by atoms with Crippen molar-refractivity contribution in [3.8, 4) is 22.3 Å². The molecule has 0 bridgehead atoms. The first-order valence-corrected chi connectivity index (χ1v) is 10.0. The van der Waals surface area contributed by atoms with E-state index in [1.807, 2.05) is 12.1 Å². The lowest BCUT2D eigenvalue weighted by atomic mass is 10.0. The van der Waals surface area contributed by atoms with Gasteiger partial charge in [0.25, 0.3) is 10.5 Å². The number of hydrogen-bond donors (Lipinski definition) is 0. The molecular formula is C26H18Cl2O2.